The van der Waals surface area contributed by atoms with Gasteiger partial charge in [0, 0.05) is 50.0 Å². The van der Waals surface area contributed by atoms with Crippen LogP contribution in [0.1, 0.15) is 23.0 Å². The van der Waals surface area contributed by atoms with Crippen LogP contribution in [-0.4, -0.2) is 57.8 Å². The summed E-state index contributed by atoms with van der Waals surface area (Å²) in [5, 5.41) is 3.71. The maximum atomic E-state index is 12.7. The SMILES string of the molecule is CC(=O)N1CCN(C(=O)c2ccnc(Nc3ccc(C)c(Cl)c3)n2)CC1. The van der Waals surface area contributed by atoms with Crippen molar-refractivity contribution in [3.8, 4) is 0 Å². The Labute approximate surface area is 157 Å². The van der Waals surface area contributed by atoms with Crippen LogP contribution >= 0.6 is 11.6 Å². The third-order valence-electron chi connectivity index (χ3n) is 4.31. The molecule has 1 fully saturated rings. The summed E-state index contributed by atoms with van der Waals surface area (Å²) in [6.45, 7) is 5.54. The lowest BCUT2D eigenvalue weighted by Gasteiger charge is -2.34. The molecule has 1 aliphatic rings. The zero-order valence-corrected chi connectivity index (χ0v) is 15.5. The summed E-state index contributed by atoms with van der Waals surface area (Å²) in [6.07, 6.45) is 1.55. The lowest BCUT2D eigenvalue weighted by atomic mass is 10.2. The summed E-state index contributed by atoms with van der Waals surface area (Å²) >= 11 is 6.13. The fourth-order valence-corrected chi connectivity index (χ4v) is 2.90. The molecule has 0 unspecified atom stereocenters. The monoisotopic (exact) mass is 373 g/mol. The zero-order valence-electron chi connectivity index (χ0n) is 14.7. The molecule has 2 amide bonds. The number of rotatable bonds is 3. The highest BCUT2D eigenvalue weighted by atomic mass is 35.5. The smallest absolute Gasteiger partial charge is 0.272 e. The van der Waals surface area contributed by atoms with Crippen LogP contribution in [0, 0.1) is 6.92 Å². The normalized spacial score (nSPS) is 14.3. The van der Waals surface area contributed by atoms with Crippen molar-refractivity contribution in [1.82, 2.24) is 19.8 Å². The highest BCUT2D eigenvalue weighted by Gasteiger charge is 2.24. The first-order valence-electron chi connectivity index (χ1n) is 8.35. The molecule has 0 spiro atoms. The molecule has 0 bridgehead atoms. The molecule has 2 aromatic rings. The standard InChI is InChI=1S/C18H20ClN5O2/c1-12-3-4-14(11-15(12)19)21-18-20-6-5-16(22-18)17(26)24-9-7-23(8-10-24)13(2)25/h3-6,11H,7-10H2,1-2H3,(H,20,21,22). The Morgan fingerprint density at radius 1 is 1.12 bits per heavy atom. The van der Waals surface area contributed by atoms with E-state index < -0.39 is 0 Å². The minimum Gasteiger partial charge on any atom is -0.339 e. The fourth-order valence-electron chi connectivity index (χ4n) is 2.72. The van der Waals surface area contributed by atoms with E-state index in [1.807, 2.05) is 19.1 Å². The molecule has 1 saturated heterocycles. The number of amides is 2. The van der Waals surface area contributed by atoms with E-state index in [1.54, 1.807) is 28.1 Å². The van der Waals surface area contributed by atoms with E-state index in [0.29, 0.717) is 42.8 Å². The van der Waals surface area contributed by atoms with E-state index >= 15 is 0 Å². The third kappa shape index (κ3) is 4.11. The number of nitrogens with zero attached hydrogens (tertiary/aromatic N) is 4. The van der Waals surface area contributed by atoms with E-state index in [1.165, 1.54) is 6.92 Å². The van der Waals surface area contributed by atoms with Crippen molar-refractivity contribution in [2.75, 3.05) is 31.5 Å². The van der Waals surface area contributed by atoms with E-state index in [0.717, 1.165) is 11.3 Å². The number of aromatic nitrogens is 2. The van der Waals surface area contributed by atoms with Gasteiger partial charge in [0.05, 0.1) is 0 Å². The lowest BCUT2D eigenvalue weighted by molar-refractivity contribution is -0.130. The molecule has 1 aliphatic heterocycles. The predicted octanol–water partition coefficient (Wildman–Crippen LogP) is 2.49. The minimum atomic E-state index is -0.166. The van der Waals surface area contributed by atoms with Crippen molar-refractivity contribution >= 4 is 35.1 Å². The Bertz CT molecular complexity index is 834. The Hall–Kier alpha value is -2.67. The third-order valence-corrected chi connectivity index (χ3v) is 4.72. The molecule has 7 nitrogen and oxygen atoms in total. The summed E-state index contributed by atoms with van der Waals surface area (Å²) in [5.74, 6) is 0.195. The Kier molecular flexibility index (Phi) is 5.37. The molecule has 0 saturated carbocycles. The molecule has 3 rings (SSSR count). The van der Waals surface area contributed by atoms with Crippen LogP contribution in [0.5, 0.6) is 0 Å². The van der Waals surface area contributed by atoms with E-state index in [-0.39, 0.29) is 11.8 Å². The number of benzene rings is 1. The van der Waals surface area contributed by atoms with Crippen molar-refractivity contribution in [3.05, 3.63) is 46.7 Å². The van der Waals surface area contributed by atoms with Gasteiger partial charge in [-0.25, -0.2) is 9.97 Å². The Balaban J connectivity index is 1.69. The maximum absolute atomic E-state index is 12.7. The number of carbonyl (C=O) groups is 2. The number of nitrogens with one attached hydrogen (secondary N) is 1. The summed E-state index contributed by atoms with van der Waals surface area (Å²) in [4.78, 5) is 36.0. The van der Waals surface area contributed by atoms with Crippen LogP contribution in [0.25, 0.3) is 0 Å². The van der Waals surface area contributed by atoms with Gasteiger partial charge in [-0.2, -0.15) is 0 Å². The summed E-state index contributed by atoms with van der Waals surface area (Å²) < 4.78 is 0. The van der Waals surface area contributed by atoms with Gasteiger partial charge >= 0.3 is 0 Å². The van der Waals surface area contributed by atoms with Gasteiger partial charge in [0.25, 0.3) is 5.91 Å². The van der Waals surface area contributed by atoms with Crippen LogP contribution < -0.4 is 5.32 Å². The molecule has 2 heterocycles. The van der Waals surface area contributed by atoms with Gasteiger partial charge < -0.3 is 15.1 Å². The first-order chi connectivity index (χ1) is 12.4. The molecule has 8 heteroatoms. The van der Waals surface area contributed by atoms with Gasteiger partial charge in [0.1, 0.15) is 5.69 Å². The number of halogens is 1. The van der Waals surface area contributed by atoms with Crippen LogP contribution in [0.15, 0.2) is 30.5 Å². The number of piperazine rings is 1. The second-order valence-electron chi connectivity index (χ2n) is 6.15. The number of anilines is 2. The van der Waals surface area contributed by atoms with Crippen molar-refractivity contribution in [2.45, 2.75) is 13.8 Å². The first kappa shape index (κ1) is 18.1. The average molecular weight is 374 g/mol. The molecule has 1 N–H and O–H groups in total. The molecule has 0 radical (unpaired) electrons. The quantitative estimate of drug-likeness (QED) is 0.894. The highest BCUT2D eigenvalue weighted by molar-refractivity contribution is 6.31. The van der Waals surface area contributed by atoms with Gasteiger partial charge in [-0.05, 0) is 30.7 Å². The fraction of sp³-hybridized carbons (Fsp3) is 0.333. The molecule has 0 atom stereocenters. The number of hydrogen-bond donors (Lipinski definition) is 1. The molecular formula is C18H20ClN5O2. The van der Waals surface area contributed by atoms with Crippen LogP contribution in [-0.2, 0) is 4.79 Å². The second kappa shape index (κ2) is 7.70. The van der Waals surface area contributed by atoms with Gasteiger partial charge in [-0.3, -0.25) is 9.59 Å². The minimum absolute atomic E-state index is 0.0300. The molecular weight excluding hydrogens is 354 g/mol. The molecule has 1 aromatic carbocycles. The number of carbonyl (C=O) groups excluding carboxylic acids is 2. The van der Waals surface area contributed by atoms with Crippen molar-refractivity contribution in [2.24, 2.45) is 0 Å². The Morgan fingerprint density at radius 3 is 2.46 bits per heavy atom. The molecule has 1 aromatic heterocycles. The van der Waals surface area contributed by atoms with Crippen molar-refractivity contribution in [1.29, 1.82) is 0 Å². The van der Waals surface area contributed by atoms with Crippen LogP contribution in [0.4, 0.5) is 11.6 Å². The lowest BCUT2D eigenvalue weighted by Crippen LogP contribution is -2.50. The molecule has 0 aliphatic carbocycles. The summed E-state index contributed by atoms with van der Waals surface area (Å²) in [7, 11) is 0. The number of hydrogen-bond acceptors (Lipinski definition) is 5. The van der Waals surface area contributed by atoms with E-state index in [2.05, 4.69) is 15.3 Å². The highest BCUT2D eigenvalue weighted by Crippen LogP contribution is 2.22. The average Bonchev–Trinajstić information content (AvgIpc) is 2.64. The second-order valence-corrected chi connectivity index (χ2v) is 6.56. The van der Waals surface area contributed by atoms with E-state index in [9.17, 15) is 9.59 Å². The summed E-state index contributed by atoms with van der Waals surface area (Å²) in [6, 6.07) is 7.15. The Morgan fingerprint density at radius 2 is 1.81 bits per heavy atom. The molecule has 136 valence electrons. The van der Waals surface area contributed by atoms with Gasteiger partial charge in [0.2, 0.25) is 11.9 Å². The van der Waals surface area contributed by atoms with Crippen LogP contribution in [0.2, 0.25) is 5.02 Å². The topological polar surface area (TPSA) is 78.4 Å². The van der Waals surface area contributed by atoms with Crippen molar-refractivity contribution < 1.29 is 9.59 Å². The van der Waals surface area contributed by atoms with Gasteiger partial charge in [0.15, 0.2) is 0 Å². The zero-order chi connectivity index (χ0) is 18.7. The van der Waals surface area contributed by atoms with Gasteiger partial charge in [-0.15, -0.1) is 0 Å². The largest absolute Gasteiger partial charge is 0.339 e. The van der Waals surface area contributed by atoms with Gasteiger partial charge in [-0.1, -0.05) is 17.7 Å². The summed E-state index contributed by atoms with van der Waals surface area (Å²) in [5.41, 5.74) is 2.05. The molecule has 26 heavy (non-hydrogen) atoms. The maximum Gasteiger partial charge on any atom is 0.272 e. The first-order valence-corrected chi connectivity index (χ1v) is 8.73. The van der Waals surface area contributed by atoms with E-state index in [4.69, 9.17) is 11.6 Å². The predicted molar refractivity (Wildman–Crippen MR) is 99.7 cm³/mol. The van der Waals surface area contributed by atoms with Crippen molar-refractivity contribution in [3.63, 3.8) is 0 Å². The number of aryl methyl sites for hydroxylation is 1. The van der Waals surface area contributed by atoms with Crippen LogP contribution in [0.3, 0.4) is 0 Å².